The van der Waals surface area contributed by atoms with Crippen LogP contribution in [0.1, 0.15) is 31.7 Å². The Morgan fingerprint density at radius 3 is 2.90 bits per heavy atom. The van der Waals surface area contributed by atoms with Crippen LogP contribution in [-0.4, -0.2) is 23.7 Å². The number of benzene rings is 1. The topological polar surface area (TPSA) is 64.3 Å². The van der Waals surface area contributed by atoms with Crippen molar-refractivity contribution in [2.24, 2.45) is 5.92 Å². The molecule has 0 spiro atoms. The van der Waals surface area contributed by atoms with Gasteiger partial charge in [0.25, 0.3) is 0 Å². The molecule has 0 radical (unpaired) electrons. The molecule has 20 heavy (non-hydrogen) atoms. The Hall–Kier alpha value is -1.73. The highest BCUT2D eigenvalue weighted by molar-refractivity contribution is 6.32. The number of piperidine rings is 1. The molecular formula is C15H17ClN2O2. The van der Waals surface area contributed by atoms with Crippen molar-refractivity contribution >= 4 is 23.3 Å². The first-order chi connectivity index (χ1) is 9.56. The second kappa shape index (κ2) is 6.15. The van der Waals surface area contributed by atoms with Crippen molar-refractivity contribution in [2.45, 2.75) is 32.2 Å². The molecule has 0 aromatic heterocycles. The molecule has 1 aliphatic heterocycles. The Balaban J connectivity index is 2.28. The van der Waals surface area contributed by atoms with Gasteiger partial charge in [-0.15, -0.1) is 0 Å². The smallest absolute Gasteiger partial charge is 0.326 e. The molecule has 1 aliphatic rings. The van der Waals surface area contributed by atoms with Crippen LogP contribution in [0.15, 0.2) is 18.2 Å². The number of anilines is 1. The van der Waals surface area contributed by atoms with E-state index in [9.17, 15) is 9.90 Å². The van der Waals surface area contributed by atoms with E-state index in [4.69, 9.17) is 16.9 Å². The molecule has 1 aromatic carbocycles. The lowest BCUT2D eigenvalue weighted by Gasteiger charge is -2.38. The average Bonchev–Trinajstić information content (AvgIpc) is 2.46. The lowest BCUT2D eigenvalue weighted by molar-refractivity contribution is -0.139. The number of hydrogen-bond donors (Lipinski definition) is 1. The third-order valence-electron chi connectivity index (χ3n) is 3.98. The van der Waals surface area contributed by atoms with Gasteiger partial charge in [-0.2, -0.15) is 5.26 Å². The van der Waals surface area contributed by atoms with Crippen LogP contribution in [0, 0.1) is 17.2 Å². The van der Waals surface area contributed by atoms with Gasteiger partial charge in [-0.3, -0.25) is 0 Å². The summed E-state index contributed by atoms with van der Waals surface area (Å²) in [5, 5.41) is 18.7. The highest BCUT2D eigenvalue weighted by Crippen LogP contribution is 2.32. The molecule has 1 saturated heterocycles. The quantitative estimate of drug-likeness (QED) is 0.928. The standard InChI is InChI=1S/C15H17ClN2O2/c1-2-10-5-6-18(14(7-10)15(19)20)12-4-3-11(9-17)13(16)8-12/h3-4,8,10,14H,2,5-7H2,1H3,(H,19,20). The summed E-state index contributed by atoms with van der Waals surface area (Å²) in [6, 6.07) is 6.59. The fourth-order valence-corrected chi connectivity index (χ4v) is 2.94. The summed E-state index contributed by atoms with van der Waals surface area (Å²) in [4.78, 5) is 13.4. The number of halogens is 1. The Labute approximate surface area is 123 Å². The second-order valence-corrected chi connectivity index (χ2v) is 5.53. The fourth-order valence-electron chi connectivity index (χ4n) is 2.73. The molecule has 5 heteroatoms. The summed E-state index contributed by atoms with van der Waals surface area (Å²) in [7, 11) is 0. The molecule has 106 valence electrons. The molecule has 1 N–H and O–H groups in total. The van der Waals surface area contributed by atoms with E-state index < -0.39 is 12.0 Å². The molecule has 0 amide bonds. The Morgan fingerprint density at radius 1 is 1.60 bits per heavy atom. The Kier molecular flexibility index (Phi) is 4.51. The molecular weight excluding hydrogens is 276 g/mol. The van der Waals surface area contributed by atoms with Gasteiger partial charge in [0.2, 0.25) is 0 Å². The molecule has 1 aromatic rings. The number of nitrogens with zero attached hydrogens (tertiary/aromatic N) is 2. The van der Waals surface area contributed by atoms with Crippen molar-refractivity contribution in [2.75, 3.05) is 11.4 Å². The largest absolute Gasteiger partial charge is 0.480 e. The number of carboxylic acids is 1. The van der Waals surface area contributed by atoms with Crippen LogP contribution < -0.4 is 4.90 Å². The van der Waals surface area contributed by atoms with Crippen molar-refractivity contribution in [1.82, 2.24) is 0 Å². The number of carboxylic acid groups (broad SMARTS) is 1. The molecule has 4 nitrogen and oxygen atoms in total. The van der Waals surface area contributed by atoms with E-state index in [-0.39, 0.29) is 0 Å². The maximum atomic E-state index is 11.5. The van der Waals surface area contributed by atoms with E-state index in [1.807, 2.05) is 11.0 Å². The van der Waals surface area contributed by atoms with Crippen molar-refractivity contribution < 1.29 is 9.90 Å². The minimum Gasteiger partial charge on any atom is -0.480 e. The second-order valence-electron chi connectivity index (χ2n) is 5.12. The number of carbonyl (C=O) groups is 1. The zero-order valence-electron chi connectivity index (χ0n) is 11.3. The van der Waals surface area contributed by atoms with Gasteiger partial charge in [0.1, 0.15) is 12.1 Å². The van der Waals surface area contributed by atoms with E-state index >= 15 is 0 Å². The zero-order chi connectivity index (χ0) is 14.7. The highest BCUT2D eigenvalue weighted by atomic mass is 35.5. The number of hydrogen-bond acceptors (Lipinski definition) is 3. The van der Waals surface area contributed by atoms with Crippen LogP contribution in [-0.2, 0) is 4.79 Å². The van der Waals surface area contributed by atoms with Gasteiger partial charge < -0.3 is 10.0 Å². The van der Waals surface area contributed by atoms with Gasteiger partial charge in [0, 0.05) is 12.2 Å². The summed E-state index contributed by atoms with van der Waals surface area (Å²) in [6.07, 6.45) is 2.65. The summed E-state index contributed by atoms with van der Waals surface area (Å²) in [5.74, 6) is -0.343. The van der Waals surface area contributed by atoms with E-state index in [2.05, 4.69) is 6.92 Å². The van der Waals surface area contributed by atoms with Crippen LogP contribution in [0.25, 0.3) is 0 Å². The van der Waals surface area contributed by atoms with E-state index in [1.165, 1.54) is 0 Å². The minimum atomic E-state index is -0.802. The highest BCUT2D eigenvalue weighted by Gasteiger charge is 2.33. The summed E-state index contributed by atoms with van der Waals surface area (Å²) in [5.41, 5.74) is 1.18. The normalized spacial score (nSPS) is 22.4. The molecule has 2 rings (SSSR count). The van der Waals surface area contributed by atoms with Crippen molar-refractivity contribution in [1.29, 1.82) is 5.26 Å². The van der Waals surface area contributed by atoms with Crippen molar-refractivity contribution in [3.63, 3.8) is 0 Å². The third-order valence-corrected chi connectivity index (χ3v) is 4.29. The molecule has 2 atom stereocenters. The van der Waals surface area contributed by atoms with Crippen molar-refractivity contribution in [3.8, 4) is 6.07 Å². The van der Waals surface area contributed by atoms with E-state index in [0.717, 1.165) is 18.5 Å². The fraction of sp³-hybridized carbons (Fsp3) is 0.467. The predicted molar refractivity (Wildman–Crippen MR) is 78.0 cm³/mol. The van der Waals surface area contributed by atoms with Gasteiger partial charge in [-0.05, 0) is 37.0 Å². The van der Waals surface area contributed by atoms with Gasteiger partial charge in [-0.1, -0.05) is 24.9 Å². The molecule has 2 unspecified atom stereocenters. The first kappa shape index (κ1) is 14.7. The number of aliphatic carboxylic acids is 1. The van der Waals surface area contributed by atoms with Gasteiger partial charge in [-0.25, -0.2) is 4.79 Å². The summed E-state index contributed by atoms with van der Waals surface area (Å²) >= 11 is 6.04. The Morgan fingerprint density at radius 2 is 2.35 bits per heavy atom. The van der Waals surface area contributed by atoms with Gasteiger partial charge in [0.05, 0.1) is 10.6 Å². The van der Waals surface area contributed by atoms with Crippen LogP contribution >= 0.6 is 11.6 Å². The number of rotatable bonds is 3. The predicted octanol–water partition coefficient (Wildman–Crippen LogP) is 3.29. The van der Waals surface area contributed by atoms with E-state index in [1.54, 1.807) is 18.2 Å². The number of nitriles is 1. The maximum absolute atomic E-state index is 11.5. The maximum Gasteiger partial charge on any atom is 0.326 e. The molecule has 0 aliphatic carbocycles. The molecule has 1 fully saturated rings. The molecule has 0 saturated carbocycles. The van der Waals surface area contributed by atoms with Gasteiger partial charge >= 0.3 is 5.97 Å². The zero-order valence-corrected chi connectivity index (χ0v) is 12.1. The monoisotopic (exact) mass is 292 g/mol. The molecule has 1 heterocycles. The first-order valence-corrected chi connectivity index (χ1v) is 7.13. The van der Waals surface area contributed by atoms with Crippen LogP contribution in [0.5, 0.6) is 0 Å². The SMILES string of the molecule is CCC1CCN(c2ccc(C#N)c(Cl)c2)C(C(=O)O)C1. The van der Waals surface area contributed by atoms with E-state index in [0.29, 0.717) is 29.5 Å². The van der Waals surface area contributed by atoms with Gasteiger partial charge in [0.15, 0.2) is 0 Å². The minimum absolute atomic E-state index is 0.367. The summed E-state index contributed by atoms with van der Waals surface area (Å²) < 4.78 is 0. The van der Waals surface area contributed by atoms with Crippen molar-refractivity contribution in [3.05, 3.63) is 28.8 Å². The lowest BCUT2D eigenvalue weighted by Crippen LogP contribution is -2.47. The average molecular weight is 293 g/mol. The van der Waals surface area contributed by atoms with Crippen LogP contribution in [0.2, 0.25) is 5.02 Å². The first-order valence-electron chi connectivity index (χ1n) is 6.76. The Bertz CT molecular complexity index is 553. The third kappa shape index (κ3) is 2.88. The lowest BCUT2D eigenvalue weighted by atomic mass is 9.88. The summed E-state index contributed by atoms with van der Waals surface area (Å²) in [6.45, 7) is 2.80. The molecule has 0 bridgehead atoms. The van der Waals surface area contributed by atoms with Crippen LogP contribution in [0.3, 0.4) is 0 Å². The van der Waals surface area contributed by atoms with Crippen LogP contribution in [0.4, 0.5) is 5.69 Å².